The Labute approximate surface area is 127 Å². The predicted octanol–water partition coefficient (Wildman–Crippen LogP) is 3.78. The molecule has 0 radical (unpaired) electrons. The van der Waals surface area contributed by atoms with Crippen LogP contribution in [0.3, 0.4) is 0 Å². The van der Waals surface area contributed by atoms with Crippen molar-refractivity contribution in [3.63, 3.8) is 0 Å². The summed E-state index contributed by atoms with van der Waals surface area (Å²) in [6.07, 6.45) is 0.284. The van der Waals surface area contributed by atoms with Crippen molar-refractivity contribution in [2.24, 2.45) is 0 Å². The van der Waals surface area contributed by atoms with Crippen molar-refractivity contribution in [1.29, 1.82) is 0 Å². The first-order valence-corrected chi connectivity index (χ1v) is 7.01. The van der Waals surface area contributed by atoms with Gasteiger partial charge in [0, 0.05) is 24.1 Å². The zero-order chi connectivity index (χ0) is 15.5. The summed E-state index contributed by atoms with van der Waals surface area (Å²) < 4.78 is 10.9. The van der Waals surface area contributed by atoms with Crippen molar-refractivity contribution in [3.05, 3.63) is 64.8 Å². The highest BCUT2D eigenvalue weighted by Gasteiger charge is 2.09. The second kappa shape index (κ2) is 5.85. The standard InChI is InChI=1S/C18H14O4/c1-2-18(20)21-13-8-9-14-15(19)11-16(22-17(14)10-13)12-6-4-3-5-7-12/h3-11H,2H2,1H3. The van der Waals surface area contributed by atoms with Crippen molar-refractivity contribution in [2.75, 3.05) is 0 Å². The molecule has 4 nitrogen and oxygen atoms in total. The van der Waals surface area contributed by atoms with E-state index in [4.69, 9.17) is 9.15 Å². The van der Waals surface area contributed by atoms with Gasteiger partial charge in [-0.1, -0.05) is 37.3 Å². The lowest BCUT2D eigenvalue weighted by Crippen LogP contribution is -2.06. The molecule has 0 unspecified atom stereocenters. The number of rotatable bonds is 3. The van der Waals surface area contributed by atoms with Gasteiger partial charge in [0.15, 0.2) is 5.43 Å². The van der Waals surface area contributed by atoms with E-state index in [0.29, 0.717) is 22.5 Å². The highest BCUT2D eigenvalue weighted by Crippen LogP contribution is 2.24. The van der Waals surface area contributed by atoms with E-state index in [1.165, 1.54) is 6.07 Å². The molecular weight excluding hydrogens is 280 g/mol. The van der Waals surface area contributed by atoms with E-state index in [2.05, 4.69) is 0 Å². The molecule has 1 aromatic heterocycles. The van der Waals surface area contributed by atoms with Crippen LogP contribution in [0.15, 0.2) is 63.8 Å². The average molecular weight is 294 g/mol. The van der Waals surface area contributed by atoms with Crippen LogP contribution in [0.2, 0.25) is 0 Å². The average Bonchev–Trinajstić information content (AvgIpc) is 2.55. The molecule has 3 aromatic rings. The van der Waals surface area contributed by atoms with Crippen LogP contribution in [0.4, 0.5) is 0 Å². The molecule has 3 rings (SSSR count). The van der Waals surface area contributed by atoms with Crippen molar-refractivity contribution >= 4 is 16.9 Å². The number of carbonyl (C=O) groups excluding carboxylic acids is 1. The molecule has 0 saturated carbocycles. The van der Waals surface area contributed by atoms with Crippen LogP contribution in [0.25, 0.3) is 22.3 Å². The lowest BCUT2D eigenvalue weighted by molar-refractivity contribution is -0.134. The second-order valence-electron chi connectivity index (χ2n) is 4.83. The molecule has 0 aliphatic heterocycles. The third-order valence-electron chi connectivity index (χ3n) is 3.28. The molecule has 0 atom stereocenters. The van der Waals surface area contributed by atoms with Crippen LogP contribution in [0.5, 0.6) is 5.75 Å². The number of carbonyl (C=O) groups is 1. The number of hydrogen-bond acceptors (Lipinski definition) is 4. The van der Waals surface area contributed by atoms with Crippen molar-refractivity contribution < 1.29 is 13.9 Å². The molecule has 0 fully saturated rings. The van der Waals surface area contributed by atoms with Gasteiger partial charge in [0.05, 0.1) is 5.39 Å². The third-order valence-corrected chi connectivity index (χ3v) is 3.28. The third kappa shape index (κ3) is 2.76. The number of hydrogen-bond donors (Lipinski definition) is 0. The Morgan fingerprint density at radius 1 is 1.09 bits per heavy atom. The van der Waals surface area contributed by atoms with E-state index in [-0.39, 0.29) is 17.8 Å². The molecule has 22 heavy (non-hydrogen) atoms. The van der Waals surface area contributed by atoms with Crippen molar-refractivity contribution in [2.45, 2.75) is 13.3 Å². The summed E-state index contributed by atoms with van der Waals surface area (Å²) in [6, 6.07) is 15.6. The van der Waals surface area contributed by atoms with E-state index in [9.17, 15) is 9.59 Å². The predicted molar refractivity (Wildman–Crippen MR) is 83.8 cm³/mol. The van der Waals surface area contributed by atoms with E-state index in [0.717, 1.165) is 5.56 Å². The molecule has 0 saturated heterocycles. The van der Waals surface area contributed by atoms with E-state index >= 15 is 0 Å². The largest absolute Gasteiger partial charge is 0.456 e. The highest BCUT2D eigenvalue weighted by atomic mass is 16.5. The van der Waals surface area contributed by atoms with Crippen LogP contribution in [-0.2, 0) is 4.79 Å². The number of benzene rings is 2. The fourth-order valence-electron chi connectivity index (χ4n) is 2.15. The topological polar surface area (TPSA) is 56.5 Å². The molecule has 0 aliphatic rings. The molecule has 0 N–H and O–H groups in total. The molecule has 2 aromatic carbocycles. The molecule has 0 amide bonds. The number of ether oxygens (including phenoxy) is 1. The van der Waals surface area contributed by atoms with Crippen LogP contribution in [0.1, 0.15) is 13.3 Å². The maximum Gasteiger partial charge on any atom is 0.310 e. The van der Waals surface area contributed by atoms with Gasteiger partial charge >= 0.3 is 5.97 Å². The Balaban J connectivity index is 2.11. The minimum atomic E-state index is -0.332. The normalized spacial score (nSPS) is 10.6. The number of fused-ring (bicyclic) bond motifs is 1. The van der Waals surface area contributed by atoms with E-state index < -0.39 is 0 Å². The lowest BCUT2D eigenvalue weighted by atomic mass is 10.1. The maximum atomic E-state index is 12.2. The van der Waals surface area contributed by atoms with Gasteiger partial charge in [-0.3, -0.25) is 9.59 Å². The van der Waals surface area contributed by atoms with Gasteiger partial charge in [-0.2, -0.15) is 0 Å². The Bertz CT molecular complexity index is 878. The smallest absolute Gasteiger partial charge is 0.310 e. The molecular formula is C18H14O4. The minimum Gasteiger partial charge on any atom is -0.456 e. The first-order chi connectivity index (χ1) is 10.7. The molecule has 4 heteroatoms. The van der Waals surface area contributed by atoms with Crippen molar-refractivity contribution in [3.8, 4) is 17.1 Å². The monoisotopic (exact) mass is 294 g/mol. The summed E-state index contributed by atoms with van der Waals surface area (Å²) in [5.41, 5.74) is 1.08. The summed E-state index contributed by atoms with van der Waals surface area (Å²) in [7, 11) is 0. The van der Waals surface area contributed by atoms with E-state index in [1.54, 1.807) is 25.1 Å². The van der Waals surface area contributed by atoms with Crippen LogP contribution in [-0.4, -0.2) is 5.97 Å². The SMILES string of the molecule is CCC(=O)Oc1ccc2c(=O)cc(-c3ccccc3)oc2c1. The van der Waals surface area contributed by atoms with Crippen molar-refractivity contribution in [1.82, 2.24) is 0 Å². The Hall–Kier alpha value is -2.88. The van der Waals surface area contributed by atoms with Gasteiger partial charge < -0.3 is 9.15 Å². The molecule has 1 heterocycles. The van der Waals surface area contributed by atoms with Gasteiger partial charge in [-0.05, 0) is 12.1 Å². The van der Waals surface area contributed by atoms with Gasteiger partial charge in [0.1, 0.15) is 17.1 Å². The van der Waals surface area contributed by atoms with Gasteiger partial charge in [-0.25, -0.2) is 0 Å². The molecule has 0 spiro atoms. The summed E-state index contributed by atoms with van der Waals surface area (Å²) in [5, 5.41) is 0.455. The summed E-state index contributed by atoms with van der Waals surface area (Å²) in [4.78, 5) is 23.6. The van der Waals surface area contributed by atoms with Gasteiger partial charge in [0.2, 0.25) is 0 Å². The van der Waals surface area contributed by atoms with Crippen LogP contribution < -0.4 is 10.2 Å². The van der Waals surface area contributed by atoms with Gasteiger partial charge in [0.25, 0.3) is 0 Å². The molecule has 110 valence electrons. The van der Waals surface area contributed by atoms with Gasteiger partial charge in [-0.15, -0.1) is 0 Å². The van der Waals surface area contributed by atoms with E-state index in [1.807, 2.05) is 30.3 Å². The van der Waals surface area contributed by atoms with Crippen LogP contribution >= 0.6 is 0 Å². The zero-order valence-electron chi connectivity index (χ0n) is 12.0. The second-order valence-corrected chi connectivity index (χ2v) is 4.83. The first kappa shape index (κ1) is 14.1. The fraction of sp³-hybridized carbons (Fsp3) is 0.111. The minimum absolute atomic E-state index is 0.131. The maximum absolute atomic E-state index is 12.2. The Morgan fingerprint density at radius 3 is 2.59 bits per heavy atom. The fourth-order valence-corrected chi connectivity index (χ4v) is 2.15. The first-order valence-electron chi connectivity index (χ1n) is 7.01. The van der Waals surface area contributed by atoms with Crippen LogP contribution in [0, 0.1) is 0 Å². The summed E-state index contributed by atoms with van der Waals surface area (Å²) >= 11 is 0. The summed E-state index contributed by atoms with van der Waals surface area (Å²) in [5.74, 6) is 0.519. The lowest BCUT2D eigenvalue weighted by Gasteiger charge is -2.06. The molecule has 0 bridgehead atoms. The number of esters is 1. The quantitative estimate of drug-likeness (QED) is 0.545. The highest BCUT2D eigenvalue weighted by molar-refractivity contribution is 5.81. The Morgan fingerprint density at radius 2 is 1.86 bits per heavy atom. The Kier molecular flexibility index (Phi) is 3.74. The molecule has 0 aliphatic carbocycles. The summed E-state index contributed by atoms with van der Waals surface area (Å²) in [6.45, 7) is 1.72. The zero-order valence-corrected chi connectivity index (χ0v) is 12.0.